The van der Waals surface area contributed by atoms with Crippen molar-refractivity contribution in [2.75, 3.05) is 0 Å². The molecular formula is C17H15ClN2O2S. The van der Waals surface area contributed by atoms with Gasteiger partial charge in [-0.1, -0.05) is 29.8 Å². The number of furan rings is 1. The normalized spacial score (nSPS) is 10.7. The summed E-state index contributed by atoms with van der Waals surface area (Å²) in [5.74, 6) is 1.49. The lowest BCUT2D eigenvalue weighted by molar-refractivity contribution is -0.120. The van der Waals surface area contributed by atoms with Crippen LogP contribution in [0.1, 0.15) is 17.0 Å². The van der Waals surface area contributed by atoms with Crippen molar-refractivity contribution in [1.82, 2.24) is 10.3 Å². The zero-order valence-corrected chi connectivity index (χ0v) is 14.1. The molecule has 0 aliphatic heterocycles. The number of carbonyl (C=O) groups excluding carboxylic acids is 1. The van der Waals surface area contributed by atoms with Gasteiger partial charge in [0, 0.05) is 16.9 Å². The zero-order valence-electron chi connectivity index (χ0n) is 12.5. The molecule has 0 aliphatic rings. The van der Waals surface area contributed by atoms with E-state index in [1.54, 1.807) is 6.07 Å². The summed E-state index contributed by atoms with van der Waals surface area (Å²) in [4.78, 5) is 16.5. The number of rotatable bonds is 5. The van der Waals surface area contributed by atoms with Crippen LogP contribution in [0.3, 0.4) is 0 Å². The Morgan fingerprint density at radius 3 is 2.87 bits per heavy atom. The maximum atomic E-state index is 12.0. The molecule has 0 saturated carbocycles. The molecule has 0 spiro atoms. The highest BCUT2D eigenvalue weighted by Gasteiger charge is 2.11. The van der Waals surface area contributed by atoms with Gasteiger partial charge in [-0.25, -0.2) is 4.98 Å². The molecule has 2 aromatic heterocycles. The van der Waals surface area contributed by atoms with Crippen molar-refractivity contribution in [3.05, 3.63) is 63.8 Å². The van der Waals surface area contributed by atoms with Crippen molar-refractivity contribution in [3.8, 4) is 10.8 Å². The van der Waals surface area contributed by atoms with E-state index < -0.39 is 0 Å². The van der Waals surface area contributed by atoms with Crippen LogP contribution in [0.5, 0.6) is 0 Å². The molecule has 23 heavy (non-hydrogen) atoms. The molecule has 2 heterocycles. The summed E-state index contributed by atoms with van der Waals surface area (Å²) in [5.41, 5.74) is 1.63. The Hall–Kier alpha value is -2.11. The highest BCUT2D eigenvalue weighted by molar-refractivity contribution is 7.13. The average molecular weight is 347 g/mol. The second-order valence-corrected chi connectivity index (χ2v) is 6.36. The molecule has 1 amide bonds. The van der Waals surface area contributed by atoms with Crippen LogP contribution in [0.4, 0.5) is 0 Å². The highest BCUT2D eigenvalue weighted by atomic mass is 35.5. The van der Waals surface area contributed by atoms with Gasteiger partial charge >= 0.3 is 0 Å². The summed E-state index contributed by atoms with van der Waals surface area (Å²) in [6.45, 7) is 2.30. The number of amides is 1. The van der Waals surface area contributed by atoms with Gasteiger partial charge in [-0.3, -0.25) is 4.79 Å². The van der Waals surface area contributed by atoms with E-state index in [0.717, 1.165) is 27.8 Å². The fraction of sp³-hybridized carbons (Fsp3) is 0.176. The second kappa shape index (κ2) is 6.98. The van der Waals surface area contributed by atoms with Gasteiger partial charge in [0.25, 0.3) is 0 Å². The maximum Gasteiger partial charge on any atom is 0.226 e. The fourth-order valence-electron chi connectivity index (χ4n) is 2.11. The Morgan fingerprint density at radius 1 is 1.30 bits per heavy atom. The van der Waals surface area contributed by atoms with Crippen molar-refractivity contribution in [3.63, 3.8) is 0 Å². The minimum atomic E-state index is -0.0857. The van der Waals surface area contributed by atoms with E-state index in [4.69, 9.17) is 16.0 Å². The molecule has 0 saturated heterocycles. The Bertz CT molecular complexity index is 825. The molecule has 0 radical (unpaired) electrons. The standard InChI is InChI=1S/C17H15ClN2O2S/c1-11-6-7-15(22-11)17-20-13(10-23-17)8-16(21)19-9-12-4-2-3-5-14(12)18/h2-7,10H,8-9H2,1H3,(H,19,21). The Labute approximate surface area is 143 Å². The molecule has 6 heteroatoms. The smallest absolute Gasteiger partial charge is 0.226 e. The van der Waals surface area contributed by atoms with Crippen LogP contribution >= 0.6 is 22.9 Å². The number of carbonyl (C=O) groups is 1. The third-order valence-electron chi connectivity index (χ3n) is 3.28. The van der Waals surface area contributed by atoms with Crippen molar-refractivity contribution in [1.29, 1.82) is 0 Å². The van der Waals surface area contributed by atoms with Crippen LogP contribution in [0.15, 0.2) is 46.2 Å². The van der Waals surface area contributed by atoms with Gasteiger partial charge in [-0.05, 0) is 30.7 Å². The monoisotopic (exact) mass is 346 g/mol. The first kappa shape index (κ1) is 15.8. The minimum Gasteiger partial charge on any atom is -0.459 e. The van der Waals surface area contributed by atoms with Crippen molar-refractivity contribution < 1.29 is 9.21 Å². The molecule has 1 N–H and O–H groups in total. The molecule has 0 atom stereocenters. The van der Waals surface area contributed by atoms with Gasteiger partial charge in [-0.15, -0.1) is 11.3 Å². The lowest BCUT2D eigenvalue weighted by Gasteiger charge is -2.05. The number of halogens is 1. The Balaban J connectivity index is 1.58. The Kier molecular flexibility index (Phi) is 4.79. The number of thiazole rings is 1. The van der Waals surface area contributed by atoms with Gasteiger partial charge in [0.05, 0.1) is 12.1 Å². The SMILES string of the molecule is Cc1ccc(-c2nc(CC(=O)NCc3ccccc3Cl)cs2)o1. The van der Waals surface area contributed by atoms with Crippen molar-refractivity contribution >= 4 is 28.8 Å². The number of hydrogen-bond acceptors (Lipinski definition) is 4. The van der Waals surface area contributed by atoms with E-state index in [1.807, 2.05) is 42.6 Å². The quantitative estimate of drug-likeness (QED) is 0.752. The van der Waals surface area contributed by atoms with Crippen LogP contribution in [-0.4, -0.2) is 10.9 Å². The van der Waals surface area contributed by atoms with Crippen LogP contribution < -0.4 is 5.32 Å². The zero-order chi connectivity index (χ0) is 16.2. The lowest BCUT2D eigenvalue weighted by atomic mass is 10.2. The van der Waals surface area contributed by atoms with Gasteiger partial charge in [-0.2, -0.15) is 0 Å². The summed E-state index contributed by atoms with van der Waals surface area (Å²) in [6.07, 6.45) is 0.237. The molecule has 3 aromatic rings. The molecule has 3 rings (SSSR count). The highest BCUT2D eigenvalue weighted by Crippen LogP contribution is 2.25. The number of hydrogen-bond donors (Lipinski definition) is 1. The van der Waals surface area contributed by atoms with E-state index in [-0.39, 0.29) is 12.3 Å². The van der Waals surface area contributed by atoms with Crippen LogP contribution in [0.2, 0.25) is 5.02 Å². The molecule has 4 nitrogen and oxygen atoms in total. The average Bonchev–Trinajstić information content (AvgIpc) is 3.15. The third kappa shape index (κ3) is 4.00. The van der Waals surface area contributed by atoms with Crippen molar-refractivity contribution in [2.45, 2.75) is 19.9 Å². The molecule has 118 valence electrons. The number of benzene rings is 1. The summed E-state index contributed by atoms with van der Waals surface area (Å²) >= 11 is 7.54. The molecule has 1 aromatic carbocycles. The summed E-state index contributed by atoms with van der Waals surface area (Å²) < 4.78 is 5.54. The predicted molar refractivity (Wildman–Crippen MR) is 91.6 cm³/mol. The van der Waals surface area contributed by atoms with E-state index in [2.05, 4.69) is 10.3 Å². The summed E-state index contributed by atoms with van der Waals surface area (Å²) in [5, 5.41) is 6.17. The number of aryl methyl sites for hydroxylation is 1. The first-order valence-corrected chi connectivity index (χ1v) is 8.39. The fourth-order valence-corrected chi connectivity index (χ4v) is 3.10. The lowest BCUT2D eigenvalue weighted by Crippen LogP contribution is -2.24. The molecule has 0 unspecified atom stereocenters. The molecular weight excluding hydrogens is 332 g/mol. The number of nitrogens with zero attached hydrogens (tertiary/aromatic N) is 1. The third-order valence-corrected chi connectivity index (χ3v) is 4.55. The minimum absolute atomic E-state index is 0.0857. The first-order chi connectivity index (χ1) is 11.1. The van der Waals surface area contributed by atoms with Gasteiger partial charge in [0.15, 0.2) is 10.8 Å². The maximum absolute atomic E-state index is 12.0. The predicted octanol–water partition coefficient (Wildman–Crippen LogP) is 4.22. The molecule has 0 bridgehead atoms. The van der Waals surface area contributed by atoms with Crippen LogP contribution in [-0.2, 0) is 17.8 Å². The van der Waals surface area contributed by atoms with Gasteiger partial charge < -0.3 is 9.73 Å². The molecule has 0 aliphatic carbocycles. The number of nitrogens with one attached hydrogen (secondary N) is 1. The topological polar surface area (TPSA) is 55.1 Å². The van der Waals surface area contributed by atoms with Crippen LogP contribution in [0.25, 0.3) is 10.8 Å². The van der Waals surface area contributed by atoms with E-state index >= 15 is 0 Å². The van der Waals surface area contributed by atoms with E-state index in [9.17, 15) is 4.79 Å². The second-order valence-electron chi connectivity index (χ2n) is 5.10. The van der Waals surface area contributed by atoms with E-state index in [1.165, 1.54) is 11.3 Å². The Morgan fingerprint density at radius 2 is 2.13 bits per heavy atom. The first-order valence-electron chi connectivity index (χ1n) is 7.13. The van der Waals surface area contributed by atoms with Gasteiger partial charge in [0.2, 0.25) is 5.91 Å². The largest absolute Gasteiger partial charge is 0.459 e. The van der Waals surface area contributed by atoms with E-state index in [0.29, 0.717) is 11.6 Å². The van der Waals surface area contributed by atoms with Gasteiger partial charge in [0.1, 0.15) is 5.76 Å². The summed E-state index contributed by atoms with van der Waals surface area (Å²) in [6, 6.07) is 11.2. The summed E-state index contributed by atoms with van der Waals surface area (Å²) in [7, 11) is 0. The number of aromatic nitrogens is 1. The van der Waals surface area contributed by atoms with Crippen molar-refractivity contribution in [2.24, 2.45) is 0 Å². The molecule has 0 fully saturated rings. The van der Waals surface area contributed by atoms with Crippen LogP contribution in [0, 0.1) is 6.92 Å².